The van der Waals surface area contributed by atoms with Crippen LogP contribution in [0.5, 0.6) is 0 Å². The van der Waals surface area contributed by atoms with Crippen LogP contribution >= 0.6 is 23.2 Å². The van der Waals surface area contributed by atoms with Gasteiger partial charge >= 0.3 is 0 Å². The first-order valence-electron chi connectivity index (χ1n) is 10.2. The molecule has 1 aliphatic heterocycles. The van der Waals surface area contributed by atoms with Crippen molar-refractivity contribution >= 4 is 39.1 Å². The summed E-state index contributed by atoms with van der Waals surface area (Å²) in [7, 11) is -0.690. The zero-order valence-corrected chi connectivity index (χ0v) is 20.4. The Bertz CT molecular complexity index is 1060. The highest BCUT2D eigenvalue weighted by Crippen LogP contribution is 2.24. The molecular formula is C22H27Cl2N3O4S. The van der Waals surface area contributed by atoms with E-state index >= 15 is 0 Å². The zero-order valence-electron chi connectivity index (χ0n) is 18.1. The van der Waals surface area contributed by atoms with E-state index in [2.05, 4.69) is 10.2 Å². The van der Waals surface area contributed by atoms with Crippen molar-refractivity contribution in [2.24, 2.45) is 0 Å². The molecule has 10 heteroatoms. The van der Waals surface area contributed by atoms with E-state index in [1.807, 2.05) is 12.1 Å². The van der Waals surface area contributed by atoms with Crippen LogP contribution in [0.3, 0.4) is 0 Å². The van der Waals surface area contributed by atoms with Gasteiger partial charge in [0.05, 0.1) is 34.1 Å². The molecule has 0 spiro atoms. The van der Waals surface area contributed by atoms with Gasteiger partial charge in [0.25, 0.3) is 0 Å². The number of carbonyl (C=O) groups excluding carboxylic acids is 1. The molecule has 3 rings (SSSR count). The normalized spacial score (nSPS) is 17.5. The molecule has 174 valence electrons. The lowest BCUT2D eigenvalue weighted by Gasteiger charge is -2.33. The second-order valence-corrected chi connectivity index (χ2v) is 10.8. The fourth-order valence-electron chi connectivity index (χ4n) is 3.51. The molecule has 1 aliphatic rings. The number of carbonyl (C=O) groups is 1. The smallest absolute Gasteiger partial charge is 0.242 e. The lowest BCUT2D eigenvalue weighted by Crippen LogP contribution is -2.47. The second-order valence-electron chi connectivity index (χ2n) is 7.85. The third-order valence-corrected chi connectivity index (χ3v) is 7.88. The lowest BCUT2D eigenvalue weighted by atomic mass is 10.1. The number of nitrogens with one attached hydrogen (secondary N) is 1. The fraction of sp³-hybridized carbons (Fsp3) is 0.409. The molecule has 1 saturated heterocycles. The summed E-state index contributed by atoms with van der Waals surface area (Å²) in [5, 5.41) is 3.92. The van der Waals surface area contributed by atoms with Crippen LogP contribution in [0.15, 0.2) is 47.4 Å². The van der Waals surface area contributed by atoms with Gasteiger partial charge in [-0.1, -0.05) is 47.5 Å². The summed E-state index contributed by atoms with van der Waals surface area (Å²) in [6.07, 6.45) is -0.181. The molecule has 2 aromatic rings. The first kappa shape index (κ1) is 25.0. The van der Waals surface area contributed by atoms with Crippen LogP contribution in [0, 0.1) is 0 Å². The Balaban J connectivity index is 1.55. The largest absolute Gasteiger partial charge is 0.374 e. The summed E-state index contributed by atoms with van der Waals surface area (Å²) in [4.78, 5) is 14.9. The molecule has 1 amide bonds. The van der Waals surface area contributed by atoms with Crippen molar-refractivity contribution in [1.29, 1.82) is 0 Å². The average molecular weight is 500 g/mol. The van der Waals surface area contributed by atoms with Crippen LogP contribution in [0.4, 0.5) is 0 Å². The van der Waals surface area contributed by atoms with Crippen molar-refractivity contribution < 1.29 is 17.9 Å². The molecule has 0 saturated carbocycles. The van der Waals surface area contributed by atoms with Gasteiger partial charge < -0.3 is 10.1 Å². The molecule has 1 atom stereocenters. The van der Waals surface area contributed by atoms with Crippen LogP contribution in [0.2, 0.25) is 10.0 Å². The van der Waals surface area contributed by atoms with Crippen molar-refractivity contribution in [3.05, 3.63) is 63.6 Å². The first-order valence-corrected chi connectivity index (χ1v) is 12.4. The van der Waals surface area contributed by atoms with Crippen LogP contribution in [-0.2, 0) is 32.5 Å². The minimum Gasteiger partial charge on any atom is -0.374 e. The summed E-state index contributed by atoms with van der Waals surface area (Å²) < 4.78 is 32.0. The SMILES string of the molecule is CN(C)S(=O)(=O)c1ccccc1CC(=O)NCC1CN(Cc2ccc(Cl)c(Cl)c2)CCO1. The van der Waals surface area contributed by atoms with Crippen molar-refractivity contribution in [3.63, 3.8) is 0 Å². The number of sulfonamides is 1. The van der Waals surface area contributed by atoms with Crippen molar-refractivity contribution in [3.8, 4) is 0 Å². The lowest BCUT2D eigenvalue weighted by molar-refractivity contribution is -0.121. The number of benzene rings is 2. The molecule has 1 heterocycles. The van der Waals surface area contributed by atoms with E-state index in [4.69, 9.17) is 27.9 Å². The molecule has 32 heavy (non-hydrogen) atoms. The third-order valence-electron chi connectivity index (χ3n) is 5.22. The summed E-state index contributed by atoms with van der Waals surface area (Å²) in [6.45, 7) is 3.05. The molecule has 0 radical (unpaired) electrons. The summed E-state index contributed by atoms with van der Waals surface area (Å²) in [6, 6.07) is 12.1. The Hall–Kier alpha value is -1.68. The van der Waals surface area contributed by atoms with Gasteiger partial charge in [0.2, 0.25) is 15.9 Å². The van der Waals surface area contributed by atoms with Crippen LogP contribution in [0.25, 0.3) is 0 Å². The van der Waals surface area contributed by atoms with E-state index in [0.29, 0.717) is 41.8 Å². The number of hydrogen-bond donors (Lipinski definition) is 1. The fourth-order valence-corrected chi connectivity index (χ4v) is 4.94. The van der Waals surface area contributed by atoms with Crippen molar-refractivity contribution in [2.45, 2.75) is 24.0 Å². The molecule has 2 aromatic carbocycles. The van der Waals surface area contributed by atoms with Gasteiger partial charge in [-0.2, -0.15) is 0 Å². The molecule has 7 nitrogen and oxygen atoms in total. The highest BCUT2D eigenvalue weighted by Gasteiger charge is 2.24. The van der Waals surface area contributed by atoms with Gasteiger partial charge in [-0.05, 0) is 29.3 Å². The maximum absolute atomic E-state index is 12.5. The standard InChI is InChI=1S/C22H27Cl2N3O4S/c1-26(2)32(29,30)21-6-4-3-5-17(21)12-22(28)25-13-18-15-27(9-10-31-18)14-16-7-8-19(23)20(24)11-16/h3-8,11,18H,9-10,12-15H2,1-2H3,(H,25,28). The second kappa shape index (κ2) is 11.0. The van der Waals surface area contributed by atoms with Gasteiger partial charge in [-0.15, -0.1) is 0 Å². The van der Waals surface area contributed by atoms with Crippen LogP contribution in [0.1, 0.15) is 11.1 Å². The maximum Gasteiger partial charge on any atom is 0.242 e. The summed E-state index contributed by atoms with van der Waals surface area (Å²) in [5.41, 5.74) is 1.52. The zero-order chi connectivity index (χ0) is 23.3. The molecule has 0 aromatic heterocycles. The van der Waals surface area contributed by atoms with Crippen LogP contribution < -0.4 is 5.32 Å². The first-order chi connectivity index (χ1) is 15.2. The summed E-state index contributed by atoms with van der Waals surface area (Å²) in [5.74, 6) is -0.253. The Morgan fingerprint density at radius 1 is 1.19 bits per heavy atom. The van der Waals surface area contributed by atoms with Crippen molar-refractivity contribution in [2.75, 3.05) is 40.3 Å². The van der Waals surface area contributed by atoms with Gasteiger partial charge in [0.15, 0.2) is 0 Å². The van der Waals surface area contributed by atoms with E-state index in [1.165, 1.54) is 20.2 Å². The third kappa shape index (κ3) is 6.43. The van der Waals surface area contributed by atoms with Crippen LogP contribution in [-0.4, -0.2) is 70.0 Å². The minimum absolute atomic E-state index is 0.0248. The van der Waals surface area contributed by atoms with Gasteiger partial charge in [0.1, 0.15) is 0 Å². The van der Waals surface area contributed by atoms with Gasteiger partial charge in [-0.3, -0.25) is 9.69 Å². The number of rotatable bonds is 8. The van der Waals surface area contributed by atoms with E-state index < -0.39 is 10.0 Å². The number of ether oxygens (including phenoxy) is 1. The molecule has 1 N–H and O–H groups in total. The molecule has 1 unspecified atom stereocenters. The highest BCUT2D eigenvalue weighted by molar-refractivity contribution is 7.89. The predicted octanol–water partition coefficient (Wildman–Crippen LogP) is 2.80. The molecule has 0 bridgehead atoms. The van der Waals surface area contributed by atoms with E-state index in [0.717, 1.165) is 16.4 Å². The van der Waals surface area contributed by atoms with E-state index in [-0.39, 0.29) is 23.3 Å². The van der Waals surface area contributed by atoms with Crippen molar-refractivity contribution in [1.82, 2.24) is 14.5 Å². The molecule has 0 aliphatic carbocycles. The quantitative estimate of drug-likeness (QED) is 0.603. The number of nitrogens with zero attached hydrogens (tertiary/aromatic N) is 2. The Morgan fingerprint density at radius 2 is 1.94 bits per heavy atom. The van der Waals surface area contributed by atoms with E-state index in [9.17, 15) is 13.2 Å². The number of amides is 1. The number of hydrogen-bond acceptors (Lipinski definition) is 5. The maximum atomic E-state index is 12.5. The molecule has 1 fully saturated rings. The monoisotopic (exact) mass is 499 g/mol. The summed E-state index contributed by atoms with van der Waals surface area (Å²) >= 11 is 12.1. The Morgan fingerprint density at radius 3 is 2.66 bits per heavy atom. The highest BCUT2D eigenvalue weighted by atomic mass is 35.5. The average Bonchev–Trinajstić information content (AvgIpc) is 2.75. The topological polar surface area (TPSA) is 79.0 Å². The van der Waals surface area contributed by atoms with Gasteiger partial charge in [-0.25, -0.2) is 12.7 Å². The number of halogens is 2. The molecular weight excluding hydrogens is 473 g/mol. The number of morpholine rings is 1. The predicted molar refractivity (Wildman–Crippen MR) is 126 cm³/mol. The Kier molecular flexibility index (Phi) is 8.55. The van der Waals surface area contributed by atoms with Gasteiger partial charge in [0, 0.05) is 40.3 Å². The minimum atomic E-state index is -3.63. The van der Waals surface area contributed by atoms with E-state index in [1.54, 1.807) is 24.3 Å². The Labute approximate surface area is 199 Å².